The van der Waals surface area contributed by atoms with E-state index >= 15 is 0 Å². The van der Waals surface area contributed by atoms with Crippen LogP contribution in [-0.2, 0) is 22.9 Å². The highest BCUT2D eigenvalue weighted by Gasteiger charge is 2.27. The molecule has 0 radical (unpaired) electrons. The van der Waals surface area contributed by atoms with Crippen molar-refractivity contribution in [2.24, 2.45) is 5.92 Å². The summed E-state index contributed by atoms with van der Waals surface area (Å²) in [5, 5.41) is 0. The molecule has 0 unspecified atom stereocenters. The molecule has 1 saturated heterocycles. The van der Waals surface area contributed by atoms with E-state index < -0.39 is 10.0 Å². The topological polar surface area (TPSA) is 50.3 Å². The molecular formula is C19H24N2O2S. The molecule has 0 N–H and O–H groups in total. The van der Waals surface area contributed by atoms with E-state index in [1.54, 1.807) is 10.5 Å². The predicted octanol–water partition coefficient (Wildman–Crippen LogP) is 2.91. The van der Waals surface area contributed by atoms with E-state index in [0.29, 0.717) is 25.4 Å². The summed E-state index contributed by atoms with van der Waals surface area (Å²) >= 11 is 0. The van der Waals surface area contributed by atoms with Crippen LogP contribution in [-0.4, -0.2) is 36.5 Å². The molecule has 24 heavy (non-hydrogen) atoms. The van der Waals surface area contributed by atoms with Crippen molar-refractivity contribution >= 4 is 10.0 Å². The lowest BCUT2D eigenvalue weighted by Gasteiger charge is -2.31. The molecule has 1 fully saturated rings. The highest BCUT2D eigenvalue weighted by atomic mass is 32.2. The van der Waals surface area contributed by atoms with E-state index in [1.807, 2.05) is 24.3 Å². The molecular weight excluding hydrogens is 320 g/mol. The van der Waals surface area contributed by atoms with Crippen molar-refractivity contribution in [1.82, 2.24) is 9.29 Å². The fourth-order valence-corrected chi connectivity index (χ4v) is 4.74. The van der Waals surface area contributed by atoms with Crippen molar-refractivity contribution in [1.29, 1.82) is 0 Å². The third-order valence-corrected chi connectivity index (χ3v) is 6.55. The van der Waals surface area contributed by atoms with Crippen molar-refractivity contribution in [3.8, 4) is 0 Å². The summed E-state index contributed by atoms with van der Waals surface area (Å²) in [7, 11) is -3.18. The molecule has 5 heteroatoms. The third-order valence-electron chi connectivity index (χ3n) is 4.68. The first-order valence-corrected chi connectivity index (χ1v) is 10.2. The minimum absolute atomic E-state index is 0.146. The summed E-state index contributed by atoms with van der Waals surface area (Å²) in [4.78, 5) is 4.20. The average molecular weight is 344 g/mol. The summed E-state index contributed by atoms with van der Waals surface area (Å²) in [5.41, 5.74) is 2.17. The zero-order valence-electron chi connectivity index (χ0n) is 13.8. The number of benzene rings is 1. The average Bonchev–Trinajstić information content (AvgIpc) is 2.62. The molecule has 0 bridgehead atoms. The minimum Gasteiger partial charge on any atom is -0.261 e. The van der Waals surface area contributed by atoms with Crippen LogP contribution in [0.4, 0.5) is 0 Å². The van der Waals surface area contributed by atoms with Gasteiger partial charge >= 0.3 is 0 Å². The number of nitrogens with zero attached hydrogens (tertiary/aromatic N) is 2. The molecule has 0 amide bonds. The number of aromatic nitrogens is 1. The van der Waals surface area contributed by atoms with Gasteiger partial charge in [0.25, 0.3) is 0 Å². The monoisotopic (exact) mass is 344 g/mol. The Hall–Kier alpha value is -1.72. The van der Waals surface area contributed by atoms with Gasteiger partial charge in [0.2, 0.25) is 10.0 Å². The Labute approximate surface area is 144 Å². The van der Waals surface area contributed by atoms with Gasteiger partial charge < -0.3 is 0 Å². The highest BCUT2D eigenvalue weighted by molar-refractivity contribution is 7.89. The van der Waals surface area contributed by atoms with Crippen LogP contribution in [0.5, 0.6) is 0 Å². The zero-order chi connectivity index (χ0) is 16.8. The van der Waals surface area contributed by atoms with Crippen molar-refractivity contribution in [3.05, 3.63) is 66.0 Å². The van der Waals surface area contributed by atoms with E-state index in [9.17, 15) is 8.42 Å². The van der Waals surface area contributed by atoms with Crippen LogP contribution in [0.2, 0.25) is 0 Å². The highest BCUT2D eigenvalue weighted by Crippen LogP contribution is 2.23. The maximum Gasteiger partial charge on any atom is 0.214 e. The Morgan fingerprint density at radius 1 is 1.00 bits per heavy atom. The van der Waals surface area contributed by atoms with Crippen LogP contribution in [0.25, 0.3) is 0 Å². The summed E-state index contributed by atoms with van der Waals surface area (Å²) in [6.07, 6.45) is 5.11. The van der Waals surface area contributed by atoms with E-state index in [0.717, 1.165) is 25.0 Å². The second kappa shape index (κ2) is 7.90. The lowest BCUT2D eigenvalue weighted by atomic mass is 9.91. The quantitative estimate of drug-likeness (QED) is 0.809. The maximum absolute atomic E-state index is 12.5. The fourth-order valence-electron chi connectivity index (χ4n) is 3.25. The molecule has 2 aromatic rings. The van der Waals surface area contributed by atoms with Crippen LogP contribution >= 0.6 is 0 Å². The van der Waals surface area contributed by atoms with Gasteiger partial charge in [0, 0.05) is 31.4 Å². The number of sulfonamides is 1. The summed E-state index contributed by atoms with van der Waals surface area (Å²) in [5.74, 6) is 0.725. The van der Waals surface area contributed by atoms with Gasteiger partial charge in [-0.2, -0.15) is 0 Å². The van der Waals surface area contributed by atoms with Gasteiger partial charge in [-0.25, -0.2) is 12.7 Å². The third kappa shape index (κ3) is 4.65. The lowest BCUT2D eigenvalue weighted by molar-refractivity contribution is 0.273. The van der Waals surface area contributed by atoms with Crippen molar-refractivity contribution in [3.63, 3.8) is 0 Å². The molecule has 128 valence electrons. The molecule has 1 aromatic carbocycles. The van der Waals surface area contributed by atoms with E-state index in [4.69, 9.17) is 0 Å². The van der Waals surface area contributed by atoms with Gasteiger partial charge in [-0.15, -0.1) is 0 Å². The Bertz CT molecular complexity index is 724. The first kappa shape index (κ1) is 17.1. The molecule has 1 aromatic heterocycles. The predicted molar refractivity (Wildman–Crippen MR) is 96.2 cm³/mol. The summed E-state index contributed by atoms with van der Waals surface area (Å²) < 4.78 is 26.7. The molecule has 3 rings (SSSR count). The smallest absolute Gasteiger partial charge is 0.214 e. The van der Waals surface area contributed by atoms with E-state index in [2.05, 4.69) is 29.2 Å². The first-order chi connectivity index (χ1) is 11.6. The lowest BCUT2D eigenvalue weighted by Crippen LogP contribution is -2.40. The van der Waals surface area contributed by atoms with Gasteiger partial charge in [0.1, 0.15) is 0 Å². The SMILES string of the molecule is O=S(=O)(CCc1ccccn1)N1CCC(Cc2ccccc2)CC1. The van der Waals surface area contributed by atoms with Gasteiger partial charge in [-0.05, 0) is 42.9 Å². The molecule has 0 aliphatic carbocycles. The van der Waals surface area contributed by atoms with Crippen LogP contribution < -0.4 is 0 Å². The minimum atomic E-state index is -3.18. The number of pyridine rings is 1. The summed E-state index contributed by atoms with van der Waals surface area (Å²) in [6, 6.07) is 16.1. The second-order valence-electron chi connectivity index (χ2n) is 6.42. The Kier molecular flexibility index (Phi) is 5.63. The van der Waals surface area contributed by atoms with E-state index in [-0.39, 0.29) is 5.75 Å². The molecule has 4 nitrogen and oxygen atoms in total. The normalized spacial score (nSPS) is 17.0. The van der Waals surface area contributed by atoms with E-state index in [1.165, 1.54) is 5.56 Å². The largest absolute Gasteiger partial charge is 0.261 e. The van der Waals surface area contributed by atoms with Gasteiger partial charge in [-0.3, -0.25) is 4.98 Å². The van der Waals surface area contributed by atoms with Gasteiger partial charge in [0.15, 0.2) is 0 Å². The number of hydrogen-bond acceptors (Lipinski definition) is 3. The zero-order valence-corrected chi connectivity index (χ0v) is 14.7. The Morgan fingerprint density at radius 3 is 2.38 bits per heavy atom. The summed E-state index contributed by atoms with van der Waals surface area (Å²) in [6.45, 7) is 1.28. The molecule has 0 spiro atoms. The molecule has 2 heterocycles. The van der Waals surface area contributed by atoms with Crippen LogP contribution in [0, 0.1) is 5.92 Å². The van der Waals surface area contributed by atoms with Crippen LogP contribution in [0.3, 0.4) is 0 Å². The maximum atomic E-state index is 12.5. The Balaban J connectivity index is 1.50. The molecule has 0 atom stereocenters. The molecule has 1 aliphatic heterocycles. The van der Waals surface area contributed by atoms with Gasteiger partial charge in [0.05, 0.1) is 5.75 Å². The Morgan fingerprint density at radius 2 is 1.71 bits per heavy atom. The second-order valence-corrected chi connectivity index (χ2v) is 8.51. The van der Waals surface area contributed by atoms with Crippen molar-refractivity contribution < 1.29 is 8.42 Å². The van der Waals surface area contributed by atoms with Crippen molar-refractivity contribution in [2.45, 2.75) is 25.7 Å². The number of piperidine rings is 1. The number of aryl methyl sites for hydroxylation is 1. The first-order valence-electron chi connectivity index (χ1n) is 8.55. The van der Waals surface area contributed by atoms with Gasteiger partial charge in [-0.1, -0.05) is 36.4 Å². The molecule has 1 aliphatic rings. The number of rotatable bonds is 6. The fraction of sp³-hybridized carbons (Fsp3) is 0.421. The van der Waals surface area contributed by atoms with Crippen LogP contribution in [0.15, 0.2) is 54.7 Å². The standard InChI is InChI=1S/C19H24N2O2S/c22-24(23,15-11-19-8-4-5-12-20-19)21-13-9-18(10-14-21)16-17-6-2-1-3-7-17/h1-8,12,18H,9-11,13-16H2. The number of hydrogen-bond donors (Lipinski definition) is 0. The molecule has 0 saturated carbocycles. The van der Waals surface area contributed by atoms with Crippen LogP contribution in [0.1, 0.15) is 24.1 Å². The van der Waals surface area contributed by atoms with Crippen molar-refractivity contribution in [2.75, 3.05) is 18.8 Å².